The molecule has 0 spiro atoms. The van der Waals surface area contributed by atoms with Crippen LogP contribution in [0.1, 0.15) is 26.5 Å². The summed E-state index contributed by atoms with van der Waals surface area (Å²) >= 11 is 0. The maximum absolute atomic E-state index is 12.9. The van der Waals surface area contributed by atoms with Gasteiger partial charge in [-0.15, -0.1) is 0 Å². The first-order valence-corrected chi connectivity index (χ1v) is 8.95. The molecule has 3 aromatic rings. The van der Waals surface area contributed by atoms with Crippen molar-refractivity contribution < 1.29 is 13.2 Å². The lowest BCUT2D eigenvalue weighted by molar-refractivity contribution is -0.141. The van der Waals surface area contributed by atoms with Crippen LogP contribution in [0.5, 0.6) is 0 Å². The minimum Gasteiger partial charge on any atom is -0.369 e. The molecule has 0 saturated carbocycles. The van der Waals surface area contributed by atoms with E-state index in [1.807, 2.05) is 6.07 Å². The minimum absolute atomic E-state index is 0.0103. The van der Waals surface area contributed by atoms with Gasteiger partial charge in [-0.05, 0) is 29.7 Å². The number of alkyl halides is 3. The first kappa shape index (κ1) is 20.5. The predicted molar refractivity (Wildman–Crippen MR) is 106 cm³/mol. The van der Waals surface area contributed by atoms with Crippen molar-refractivity contribution in [2.24, 2.45) is 5.41 Å². The number of nitrogens with zero attached hydrogens (tertiary/aromatic N) is 4. The number of anilines is 3. The fraction of sp³-hybridized carbons (Fsp3) is 0.300. The molecule has 0 atom stereocenters. The van der Waals surface area contributed by atoms with Gasteiger partial charge in [0.2, 0.25) is 0 Å². The van der Waals surface area contributed by atoms with E-state index in [1.54, 1.807) is 24.4 Å². The van der Waals surface area contributed by atoms with Gasteiger partial charge in [0.1, 0.15) is 23.0 Å². The summed E-state index contributed by atoms with van der Waals surface area (Å²) in [5.41, 5.74) is -0.191. The molecule has 0 radical (unpaired) electrons. The zero-order valence-corrected chi connectivity index (χ0v) is 16.2. The van der Waals surface area contributed by atoms with Crippen LogP contribution < -0.4 is 10.6 Å². The van der Waals surface area contributed by atoms with Crippen LogP contribution in [-0.2, 0) is 6.18 Å². The second-order valence-electron chi connectivity index (χ2n) is 7.64. The Bertz CT molecular complexity index is 968. The lowest BCUT2D eigenvalue weighted by atomic mass is 9.97. The van der Waals surface area contributed by atoms with Crippen LogP contribution in [0.4, 0.5) is 30.5 Å². The summed E-state index contributed by atoms with van der Waals surface area (Å²) in [4.78, 5) is 16.5. The van der Waals surface area contributed by atoms with Crippen molar-refractivity contribution in [3.8, 4) is 11.5 Å². The van der Waals surface area contributed by atoms with Gasteiger partial charge in [0.25, 0.3) is 0 Å². The minimum atomic E-state index is -4.53. The molecule has 0 aromatic carbocycles. The average molecular weight is 402 g/mol. The molecule has 9 heteroatoms. The van der Waals surface area contributed by atoms with Crippen molar-refractivity contribution in [3.05, 3.63) is 54.5 Å². The molecule has 0 amide bonds. The van der Waals surface area contributed by atoms with E-state index in [9.17, 15) is 13.2 Å². The highest BCUT2D eigenvalue weighted by molar-refractivity contribution is 5.63. The van der Waals surface area contributed by atoms with Crippen molar-refractivity contribution in [1.82, 2.24) is 19.9 Å². The summed E-state index contributed by atoms with van der Waals surface area (Å²) in [6.45, 7) is 6.89. The van der Waals surface area contributed by atoms with E-state index in [2.05, 4.69) is 51.3 Å². The highest BCUT2D eigenvalue weighted by atomic mass is 19.4. The molecule has 0 aliphatic rings. The molecule has 0 aliphatic heterocycles. The summed E-state index contributed by atoms with van der Waals surface area (Å²) in [7, 11) is 0. The first-order valence-electron chi connectivity index (χ1n) is 8.95. The second-order valence-corrected chi connectivity index (χ2v) is 7.64. The van der Waals surface area contributed by atoms with E-state index >= 15 is 0 Å². The highest BCUT2D eigenvalue weighted by Gasteiger charge is 2.32. The number of rotatable bonds is 5. The Balaban J connectivity index is 1.95. The van der Waals surface area contributed by atoms with Crippen LogP contribution in [0.15, 0.2) is 48.8 Å². The van der Waals surface area contributed by atoms with Gasteiger partial charge in [-0.25, -0.2) is 9.97 Å². The Hall–Kier alpha value is -3.23. The maximum atomic E-state index is 12.9. The molecule has 0 unspecified atom stereocenters. The number of halogens is 3. The molecule has 29 heavy (non-hydrogen) atoms. The number of aromatic nitrogens is 4. The van der Waals surface area contributed by atoms with Crippen LogP contribution in [0.3, 0.4) is 0 Å². The predicted octanol–water partition coefficient (Wildman–Crippen LogP) is 5.15. The van der Waals surface area contributed by atoms with Gasteiger partial charge in [-0.3, -0.25) is 9.97 Å². The van der Waals surface area contributed by atoms with Gasteiger partial charge in [0.05, 0.1) is 0 Å². The molecule has 2 N–H and O–H groups in total. The molecule has 0 bridgehead atoms. The number of pyridine rings is 2. The maximum Gasteiger partial charge on any atom is 0.433 e. The fourth-order valence-corrected chi connectivity index (χ4v) is 2.38. The summed E-state index contributed by atoms with van der Waals surface area (Å²) < 4.78 is 38.8. The van der Waals surface area contributed by atoms with Gasteiger partial charge in [0, 0.05) is 30.7 Å². The lowest BCUT2D eigenvalue weighted by Gasteiger charge is -2.20. The Morgan fingerprint density at radius 3 is 2.31 bits per heavy atom. The van der Waals surface area contributed by atoms with Crippen LogP contribution in [0.25, 0.3) is 11.5 Å². The molecule has 3 aromatic heterocycles. The lowest BCUT2D eigenvalue weighted by Crippen LogP contribution is -2.20. The second kappa shape index (κ2) is 8.02. The zero-order valence-electron chi connectivity index (χ0n) is 16.2. The van der Waals surface area contributed by atoms with Crippen molar-refractivity contribution in [1.29, 1.82) is 0 Å². The van der Waals surface area contributed by atoms with Crippen molar-refractivity contribution in [3.63, 3.8) is 0 Å². The number of hydrogen-bond acceptors (Lipinski definition) is 6. The third-order valence-electron chi connectivity index (χ3n) is 3.74. The molecule has 0 fully saturated rings. The zero-order chi connectivity index (χ0) is 21.1. The largest absolute Gasteiger partial charge is 0.433 e. The number of hydrogen-bond donors (Lipinski definition) is 2. The Morgan fingerprint density at radius 1 is 0.897 bits per heavy atom. The summed E-state index contributed by atoms with van der Waals surface area (Å²) in [5.74, 6) is 1.25. The van der Waals surface area contributed by atoms with E-state index in [0.717, 1.165) is 12.3 Å². The SMILES string of the molecule is CC(C)(C)CNc1cc(Nc2ccnc(C(F)(F)F)c2)nc(-c2ccccn2)n1. The van der Waals surface area contributed by atoms with Crippen molar-refractivity contribution in [2.45, 2.75) is 26.9 Å². The van der Waals surface area contributed by atoms with Crippen LogP contribution in [0.2, 0.25) is 0 Å². The van der Waals surface area contributed by atoms with Gasteiger partial charge in [0.15, 0.2) is 5.82 Å². The summed E-state index contributed by atoms with van der Waals surface area (Å²) in [5, 5.41) is 6.15. The van der Waals surface area contributed by atoms with E-state index < -0.39 is 11.9 Å². The van der Waals surface area contributed by atoms with Gasteiger partial charge >= 0.3 is 6.18 Å². The molecular formula is C20H21F3N6. The molecule has 3 heterocycles. The number of nitrogens with one attached hydrogen (secondary N) is 2. The summed E-state index contributed by atoms with van der Waals surface area (Å²) in [6.07, 6.45) is -1.80. The molecular weight excluding hydrogens is 381 g/mol. The van der Waals surface area contributed by atoms with Crippen LogP contribution in [-0.4, -0.2) is 26.5 Å². The summed E-state index contributed by atoms with van der Waals surface area (Å²) in [6, 6.07) is 9.38. The Kier molecular flexibility index (Phi) is 5.67. The Morgan fingerprint density at radius 2 is 1.66 bits per heavy atom. The third-order valence-corrected chi connectivity index (χ3v) is 3.74. The van der Waals surface area contributed by atoms with Crippen LogP contribution >= 0.6 is 0 Å². The monoisotopic (exact) mass is 402 g/mol. The fourth-order valence-electron chi connectivity index (χ4n) is 2.38. The van der Waals surface area contributed by atoms with Crippen molar-refractivity contribution >= 4 is 17.3 Å². The molecule has 3 rings (SSSR count). The van der Waals surface area contributed by atoms with Crippen molar-refractivity contribution in [2.75, 3.05) is 17.2 Å². The Labute approximate surface area is 166 Å². The van der Waals surface area contributed by atoms with E-state index in [-0.39, 0.29) is 11.1 Å². The van der Waals surface area contributed by atoms with Crippen LogP contribution in [0, 0.1) is 5.41 Å². The normalized spacial score (nSPS) is 11.9. The topological polar surface area (TPSA) is 75.6 Å². The molecule has 6 nitrogen and oxygen atoms in total. The van der Waals surface area contributed by atoms with E-state index in [4.69, 9.17) is 0 Å². The average Bonchev–Trinajstić information content (AvgIpc) is 2.66. The third kappa shape index (κ3) is 5.87. The highest BCUT2D eigenvalue weighted by Crippen LogP contribution is 2.30. The van der Waals surface area contributed by atoms with E-state index in [0.29, 0.717) is 29.7 Å². The molecule has 0 aliphatic carbocycles. The van der Waals surface area contributed by atoms with Gasteiger partial charge in [-0.2, -0.15) is 13.2 Å². The molecule has 152 valence electrons. The van der Waals surface area contributed by atoms with Gasteiger partial charge in [-0.1, -0.05) is 26.8 Å². The first-order chi connectivity index (χ1) is 13.6. The quantitative estimate of drug-likeness (QED) is 0.614. The van der Waals surface area contributed by atoms with Gasteiger partial charge < -0.3 is 10.6 Å². The molecule has 0 saturated heterocycles. The smallest absolute Gasteiger partial charge is 0.369 e. The standard InChI is InChI=1S/C20H21F3N6/c1-19(2,3)12-26-16-11-17(29-18(28-16)14-6-4-5-8-24-14)27-13-7-9-25-15(10-13)20(21,22)23/h4-11H,12H2,1-3H3,(H2,25,26,27,28,29). The van der Waals surface area contributed by atoms with E-state index in [1.165, 1.54) is 6.07 Å².